The molecule has 1 saturated heterocycles. The van der Waals surface area contributed by atoms with E-state index in [1.165, 1.54) is 53.7 Å². The van der Waals surface area contributed by atoms with Gasteiger partial charge in [0, 0.05) is 35.2 Å². The van der Waals surface area contributed by atoms with Crippen LogP contribution >= 0.6 is 0 Å². The number of nitrogens with zero attached hydrogens (tertiary/aromatic N) is 1. The van der Waals surface area contributed by atoms with Gasteiger partial charge in [-0.05, 0) is 92.7 Å². The number of H-pyrrole nitrogens is 1. The van der Waals surface area contributed by atoms with Crippen molar-refractivity contribution in [3.05, 3.63) is 47.5 Å². The number of aromatic nitrogens is 1. The highest BCUT2D eigenvalue weighted by atomic mass is 19.4. The molecule has 47 heavy (non-hydrogen) atoms. The summed E-state index contributed by atoms with van der Waals surface area (Å²) in [5, 5.41) is 18.9. The molecule has 15 heteroatoms. The van der Waals surface area contributed by atoms with E-state index in [0.717, 1.165) is 36.6 Å². The van der Waals surface area contributed by atoms with Crippen LogP contribution in [0.2, 0.25) is 0 Å². The molecule has 0 spiro atoms. The molecular weight excluding hydrogens is 636 g/mol. The van der Waals surface area contributed by atoms with E-state index in [2.05, 4.69) is 59.4 Å². The molecule has 9 nitrogen and oxygen atoms in total. The van der Waals surface area contributed by atoms with Crippen molar-refractivity contribution in [1.82, 2.24) is 15.2 Å². The van der Waals surface area contributed by atoms with E-state index in [1.807, 2.05) is 13.1 Å². The molecule has 0 amide bonds. The average Bonchev–Trinajstić information content (AvgIpc) is 3.36. The normalized spacial score (nSPS) is 14.2. The number of ether oxygens (including phenoxy) is 2. The summed E-state index contributed by atoms with van der Waals surface area (Å²) in [6.07, 6.45) is -6.65. The molecule has 4 rings (SSSR count). The molecule has 4 N–H and O–H groups in total. The van der Waals surface area contributed by atoms with Crippen LogP contribution in [0.5, 0.6) is 11.5 Å². The first-order valence-corrected chi connectivity index (χ1v) is 14.8. The standard InChI is InChI=1S/C28H39N3O2.2C2HF3O2/c1-19(2)16-24-23-17-21(20-10-13-31(14-11-20)15-12-29-3)6-8-25(23)30-28(24)22-7-9-26(32-4)27(18-22)33-5;2*3-2(4,5)1(6)7/h6-9,17-20,29-30H,10-16H2,1-5H3;2*(H,6,7). The zero-order valence-corrected chi connectivity index (χ0v) is 26.8. The van der Waals surface area contributed by atoms with Crippen molar-refractivity contribution in [3.63, 3.8) is 0 Å². The third-order valence-corrected chi connectivity index (χ3v) is 7.44. The lowest BCUT2D eigenvalue weighted by molar-refractivity contribution is -0.193. The molecule has 2 heterocycles. The molecule has 0 atom stereocenters. The van der Waals surface area contributed by atoms with Crippen molar-refractivity contribution >= 4 is 22.8 Å². The maximum Gasteiger partial charge on any atom is 0.490 e. The number of aliphatic carboxylic acids is 2. The summed E-state index contributed by atoms with van der Waals surface area (Å²) in [7, 11) is 5.40. The first-order valence-electron chi connectivity index (χ1n) is 14.8. The van der Waals surface area contributed by atoms with Gasteiger partial charge in [-0.3, -0.25) is 0 Å². The minimum absolute atomic E-state index is 0.571. The third-order valence-electron chi connectivity index (χ3n) is 7.44. The fourth-order valence-corrected chi connectivity index (χ4v) is 5.14. The van der Waals surface area contributed by atoms with Gasteiger partial charge in [-0.1, -0.05) is 19.9 Å². The Balaban J connectivity index is 0.000000459. The summed E-state index contributed by atoms with van der Waals surface area (Å²) in [6.45, 7) is 9.18. The summed E-state index contributed by atoms with van der Waals surface area (Å²) >= 11 is 0. The fraction of sp³-hybridized carbons (Fsp3) is 0.500. The number of carbonyl (C=O) groups is 2. The van der Waals surface area contributed by atoms with E-state index >= 15 is 0 Å². The third kappa shape index (κ3) is 11.6. The summed E-state index contributed by atoms with van der Waals surface area (Å²) in [4.78, 5) is 24.1. The Labute approximate surface area is 268 Å². The molecule has 2 aromatic carbocycles. The molecule has 0 saturated carbocycles. The number of carboxylic acids is 2. The van der Waals surface area contributed by atoms with Crippen LogP contribution in [-0.4, -0.2) is 91.8 Å². The van der Waals surface area contributed by atoms with Crippen molar-refractivity contribution in [2.24, 2.45) is 5.92 Å². The van der Waals surface area contributed by atoms with Gasteiger partial charge in [0.25, 0.3) is 0 Å². The summed E-state index contributed by atoms with van der Waals surface area (Å²) in [5.41, 5.74) is 6.43. The van der Waals surface area contributed by atoms with Crippen LogP contribution in [0, 0.1) is 5.92 Å². The lowest BCUT2D eigenvalue weighted by Gasteiger charge is -2.32. The SMILES string of the molecule is CNCCN1CCC(c2ccc3[nH]c(-c4ccc(OC)c(OC)c4)c(CC(C)C)c3c2)CC1.O=C(O)C(F)(F)F.O=C(O)C(F)(F)F. The number of nitrogens with one attached hydrogen (secondary N) is 2. The number of likely N-dealkylation sites (tertiary alicyclic amines) is 1. The minimum atomic E-state index is -5.08. The number of halogens is 6. The summed E-state index contributed by atoms with van der Waals surface area (Å²) in [5.74, 6) is -2.78. The number of piperidine rings is 1. The van der Waals surface area contributed by atoms with Gasteiger partial charge in [-0.2, -0.15) is 26.3 Å². The quantitative estimate of drug-likeness (QED) is 0.184. The van der Waals surface area contributed by atoms with Gasteiger partial charge in [0.05, 0.1) is 14.2 Å². The molecule has 0 radical (unpaired) electrons. The molecule has 3 aromatic rings. The predicted molar refractivity (Wildman–Crippen MR) is 165 cm³/mol. The second-order valence-corrected chi connectivity index (χ2v) is 11.3. The number of rotatable bonds is 9. The van der Waals surface area contributed by atoms with E-state index in [-0.39, 0.29) is 0 Å². The van der Waals surface area contributed by atoms with Gasteiger partial charge >= 0.3 is 24.3 Å². The average molecular weight is 678 g/mol. The number of methoxy groups -OCH3 is 2. The number of hydrogen-bond donors (Lipinski definition) is 4. The van der Waals surface area contributed by atoms with Crippen molar-refractivity contribution in [2.45, 2.75) is 51.4 Å². The molecule has 0 aliphatic carbocycles. The zero-order valence-electron chi connectivity index (χ0n) is 26.8. The molecule has 0 bridgehead atoms. The number of aromatic amines is 1. The Hall–Kier alpha value is -3.98. The van der Waals surface area contributed by atoms with E-state index in [4.69, 9.17) is 29.3 Å². The Morgan fingerprint density at radius 3 is 1.96 bits per heavy atom. The van der Waals surface area contributed by atoms with Gasteiger partial charge < -0.3 is 34.9 Å². The van der Waals surface area contributed by atoms with E-state index < -0.39 is 24.3 Å². The summed E-state index contributed by atoms with van der Waals surface area (Å²) < 4.78 is 74.5. The molecular formula is C32H41F6N3O6. The van der Waals surface area contributed by atoms with Gasteiger partial charge in [-0.15, -0.1) is 0 Å². The number of alkyl halides is 6. The first-order chi connectivity index (χ1) is 21.9. The van der Waals surface area contributed by atoms with Crippen molar-refractivity contribution in [2.75, 3.05) is 47.4 Å². The predicted octanol–water partition coefficient (Wildman–Crippen LogP) is 6.72. The monoisotopic (exact) mass is 677 g/mol. The lowest BCUT2D eigenvalue weighted by Crippen LogP contribution is -2.37. The van der Waals surface area contributed by atoms with E-state index in [9.17, 15) is 26.3 Å². The van der Waals surface area contributed by atoms with Crippen LogP contribution in [0.4, 0.5) is 26.3 Å². The maximum absolute atomic E-state index is 10.6. The van der Waals surface area contributed by atoms with Crippen molar-refractivity contribution in [3.8, 4) is 22.8 Å². The van der Waals surface area contributed by atoms with Crippen molar-refractivity contribution < 1.29 is 55.6 Å². The highest BCUT2D eigenvalue weighted by Crippen LogP contribution is 2.38. The van der Waals surface area contributed by atoms with Crippen LogP contribution in [0.1, 0.15) is 43.7 Å². The zero-order chi connectivity index (χ0) is 35.5. The molecule has 1 aliphatic rings. The molecule has 0 unspecified atom stereocenters. The highest BCUT2D eigenvalue weighted by Gasteiger charge is 2.39. The van der Waals surface area contributed by atoms with Gasteiger partial charge in [0.1, 0.15) is 0 Å². The second kappa shape index (κ2) is 17.3. The second-order valence-electron chi connectivity index (χ2n) is 11.3. The Morgan fingerprint density at radius 2 is 1.49 bits per heavy atom. The summed E-state index contributed by atoms with van der Waals surface area (Å²) in [6, 6.07) is 13.3. The highest BCUT2D eigenvalue weighted by molar-refractivity contribution is 5.91. The van der Waals surface area contributed by atoms with Gasteiger partial charge in [0.15, 0.2) is 11.5 Å². The van der Waals surface area contributed by atoms with Crippen molar-refractivity contribution in [1.29, 1.82) is 0 Å². The Kier molecular flexibility index (Phi) is 14.4. The number of fused-ring (bicyclic) bond motifs is 1. The van der Waals surface area contributed by atoms with E-state index in [1.54, 1.807) is 14.2 Å². The van der Waals surface area contributed by atoms with Crippen LogP contribution in [0.3, 0.4) is 0 Å². The minimum Gasteiger partial charge on any atom is -0.493 e. The maximum atomic E-state index is 10.6. The number of carboxylic acid groups (broad SMARTS) is 2. The van der Waals surface area contributed by atoms with Crippen LogP contribution < -0.4 is 14.8 Å². The van der Waals surface area contributed by atoms with Crippen LogP contribution in [0.25, 0.3) is 22.2 Å². The lowest BCUT2D eigenvalue weighted by atomic mass is 9.88. The van der Waals surface area contributed by atoms with Gasteiger partial charge in [0.2, 0.25) is 0 Å². The molecule has 262 valence electrons. The number of hydrogen-bond acceptors (Lipinski definition) is 6. The first kappa shape index (κ1) is 39.2. The van der Waals surface area contributed by atoms with Gasteiger partial charge in [-0.25, -0.2) is 9.59 Å². The number of benzene rings is 2. The smallest absolute Gasteiger partial charge is 0.490 e. The fourth-order valence-electron chi connectivity index (χ4n) is 5.14. The molecule has 1 aliphatic heterocycles. The van der Waals surface area contributed by atoms with Crippen LogP contribution in [-0.2, 0) is 16.0 Å². The largest absolute Gasteiger partial charge is 0.493 e. The van der Waals surface area contributed by atoms with Crippen LogP contribution in [0.15, 0.2) is 36.4 Å². The topological polar surface area (TPSA) is 124 Å². The molecule has 1 aromatic heterocycles. The Bertz CT molecular complexity index is 1440. The van der Waals surface area contributed by atoms with E-state index in [0.29, 0.717) is 11.8 Å². The molecule has 1 fully saturated rings. The Morgan fingerprint density at radius 1 is 0.936 bits per heavy atom. The number of likely N-dealkylation sites (N-methyl/N-ethyl adjacent to an activating group) is 1.